The van der Waals surface area contributed by atoms with Crippen molar-refractivity contribution in [1.82, 2.24) is 9.21 Å². The van der Waals surface area contributed by atoms with E-state index in [0.29, 0.717) is 41.3 Å². The summed E-state index contributed by atoms with van der Waals surface area (Å²) in [6.07, 6.45) is -4.50. The van der Waals surface area contributed by atoms with Crippen LogP contribution in [0.5, 0.6) is 11.5 Å². The largest absolute Gasteiger partial charge is 0.464 e. The molecule has 0 N–H and O–H groups in total. The maximum Gasteiger partial charge on any atom is 0.416 e. The molecule has 0 radical (unpaired) electrons. The molecule has 41 heavy (non-hydrogen) atoms. The van der Waals surface area contributed by atoms with Crippen LogP contribution in [0.2, 0.25) is 0 Å². The number of sulfonamides is 1. The lowest BCUT2D eigenvalue weighted by atomic mass is 10.2. The molecule has 1 aliphatic rings. The molecule has 1 aromatic heterocycles. The summed E-state index contributed by atoms with van der Waals surface area (Å²) < 4.78 is 89.9. The van der Waals surface area contributed by atoms with Gasteiger partial charge < -0.3 is 23.5 Å². The topological polar surface area (TPSA) is 98.5 Å². The molecule has 0 bridgehead atoms. The number of aryl methyl sites for hydroxylation is 1. The number of nitrogens with zero attached hydrogens (tertiary/aromatic N) is 2. The molecule has 1 amide bonds. The van der Waals surface area contributed by atoms with E-state index in [0.717, 1.165) is 22.5 Å². The maximum absolute atomic E-state index is 13.7. The van der Waals surface area contributed by atoms with Crippen molar-refractivity contribution in [2.75, 3.05) is 33.1 Å². The van der Waals surface area contributed by atoms with Crippen LogP contribution in [-0.4, -0.2) is 56.6 Å². The number of fused-ring (bicyclic) bond motifs is 1. The Morgan fingerprint density at radius 2 is 1.80 bits per heavy atom. The van der Waals surface area contributed by atoms with Gasteiger partial charge in [-0.1, -0.05) is 12.1 Å². The molecule has 0 saturated carbocycles. The first-order valence-corrected chi connectivity index (χ1v) is 14.4. The highest BCUT2D eigenvalue weighted by molar-refractivity contribution is 7.89. The van der Waals surface area contributed by atoms with Crippen molar-refractivity contribution >= 4 is 15.9 Å². The van der Waals surface area contributed by atoms with Crippen molar-refractivity contribution in [3.63, 3.8) is 0 Å². The van der Waals surface area contributed by atoms with E-state index in [2.05, 4.69) is 0 Å². The first-order valence-electron chi connectivity index (χ1n) is 12.9. The fraction of sp³-hybridized carbons (Fsp3) is 0.393. The van der Waals surface area contributed by atoms with Crippen LogP contribution in [0.25, 0.3) is 0 Å². The summed E-state index contributed by atoms with van der Waals surface area (Å²) in [7, 11) is -4.48. The molecular weight excluding hydrogens is 565 g/mol. The molecule has 0 fully saturated rings. The quantitative estimate of drug-likeness (QED) is 0.257. The summed E-state index contributed by atoms with van der Waals surface area (Å²) >= 11 is 0. The van der Waals surface area contributed by atoms with Gasteiger partial charge in [0, 0.05) is 26.3 Å². The summed E-state index contributed by atoms with van der Waals surface area (Å²) in [5, 5.41) is 0. The number of hydrogen-bond donors (Lipinski definition) is 0. The zero-order valence-corrected chi connectivity index (χ0v) is 23.5. The minimum Gasteiger partial charge on any atom is -0.464 e. The molecular formula is C28H31F3N2O7S. The fourth-order valence-corrected chi connectivity index (χ4v) is 5.73. The molecule has 3 aromatic rings. The Labute approximate surface area is 236 Å². The van der Waals surface area contributed by atoms with Crippen molar-refractivity contribution in [2.24, 2.45) is 0 Å². The molecule has 9 nitrogen and oxygen atoms in total. The van der Waals surface area contributed by atoms with Crippen LogP contribution < -0.4 is 9.47 Å². The molecule has 2 heterocycles. The molecule has 13 heteroatoms. The SMILES string of the molecule is CCOCCCN(CC(=O)N(Cc1ccc2c(c1)OCO2)Cc1ccc(C)o1)S(=O)(=O)c1cccc(C(F)(F)F)c1. The number of carbonyl (C=O) groups excluding carboxylic acids is 1. The molecule has 0 atom stereocenters. The van der Waals surface area contributed by atoms with E-state index in [4.69, 9.17) is 18.6 Å². The Kier molecular flexibility index (Phi) is 9.61. The molecule has 0 spiro atoms. The zero-order chi connectivity index (χ0) is 29.6. The van der Waals surface area contributed by atoms with Gasteiger partial charge in [0.2, 0.25) is 22.7 Å². The Balaban J connectivity index is 1.61. The van der Waals surface area contributed by atoms with Gasteiger partial charge >= 0.3 is 6.18 Å². The molecule has 0 saturated heterocycles. The predicted octanol–water partition coefficient (Wildman–Crippen LogP) is 4.98. The van der Waals surface area contributed by atoms with Gasteiger partial charge in [-0.2, -0.15) is 17.5 Å². The summed E-state index contributed by atoms with van der Waals surface area (Å²) in [6, 6.07) is 12.2. The van der Waals surface area contributed by atoms with Crippen LogP contribution >= 0.6 is 0 Å². The number of furan rings is 1. The van der Waals surface area contributed by atoms with Crippen molar-refractivity contribution < 1.29 is 45.0 Å². The van der Waals surface area contributed by atoms with Crippen LogP contribution in [0.4, 0.5) is 13.2 Å². The minimum absolute atomic E-state index is 0.0392. The van der Waals surface area contributed by atoms with Gasteiger partial charge in [0.1, 0.15) is 11.5 Å². The van der Waals surface area contributed by atoms with E-state index in [-0.39, 0.29) is 39.5 Å². The normalized spacial score (nSPS) is 13.1. The van der Waals surface area contributed by atoms with E-state index < -0.39 is 39.1 Å². The lowest BCUT2D eigenvalue weighted by Crippen LogP contribution is -2.43. The van der Waals surface area contributed by atoms with Crippen molar-refractivity contribution in [3.8, 4) is 11.5 Å². The Morgan fingerprint density at radius 3 is 2.51 bits per heavy atom. The van der Waals surface area contributed by atoms with Crippen LogP contribution in [0.15, 0.2) is 63.9 Å². The van der Waals surface area contributed by atoms with Gasteiger partial charge in [0.15, 0.2) is 11.5 Å². The maximum atomic E-state index is 13.7. The minimum atomic E-state index is -4.73. The molecule has 0 unspecified atom stereocenters. The average molecular weight is 597 g/mol. The van der Waals surface area contributed by atoms with Gasteiger partial charge in [-0.05, 0) is 68.3 Å². The van der Waals surface area contributed by atoms with Crippen LogP contribution in [0.1, 0.15) is 36.0 Å². The van der Waals surface area contributed by atoms with Crippen LogP contribution in [0, 0.1) is 6.92 Å². The molecule has 2 aromatic carbocycles. The first kappa shape index (κ1) is 30.4. The Bertz CT molecular complexity index is 1460. The summed E-state index contributed by atoms with van der Waals surface area (Å²) in [6.45, 7) is 3.63. The van der Waals surface area contributed by atoms with Crippen LogP contribution in [-0.2, 0) is 38.8 Å². The lowest BCUT2D eigenvalue weighted by Gasteiger charge is -2.27. The smallest absolute Gasteiger partial charge is 0.416 e. The highest BCUT2D eigenvalue weighted by atomic mass is 32.2. The average Bonchev–Trinajstić information content (AvgIpc) is 3.57. The lowest BCUT2D eigenvalue weighted by molar-refractivity contribution is -0.137. The predicted molar refractivity (Wildman–Crippen MR) is 142 cm³/mol. The summed E-state index contributed by atoms with van der Waals surface area (Å²) in [4.78, 5) is 14.6. The second-order valence-corrected chi connectivity index (χ2v) is 11.3. The molecule has 1 aliphatic heterocycles. The number of hydrogen-bond acceptors (Lipinski definition) is 7. The van der Waals surface area contributed by atoms with E-state index >= 15 is 0 Å². The second-order valence-electron chi connectivity index (χ2n) is 9.36. The summed E-state index contributed by atoms with van der Waals surface area (Å²) in [5.74, 6) is 1.65. The van der Waals surface area contributed by atoms with Gasteiger partial charge in [-0.3, -0.25) is 4.79 Å². The van der Waals surface area contributed by atoms with E-state index in [1.807, 2.05) is 0 Å². The molecule has 4 rings (SSSR count). The Hall–Kier alpha value is -3.55. The number of benzene rings is 2. The number of amides is 1. The van der Waals surface area contributed by atoms with Gasteiger partial charge in [-0.25, -0.2) is 8.42 Å². The number of carbonyl (C=O) groups is 1. The van der Waals surface area contributed by atoms with Gasteiger partial charge in [-0.15, -0.1) is 0 Å². The fourth-order valence-electron chi connectivity index (χ4n) is 4.25. The monoisotopic (exact) mass is 596 g/mol. The second kappa shape index (κ2) is 13.0. The van der Waals surface area contributed by atoms with Crippen molar-refractivity contribution in [2.45, 2.75) is 44.4 Å². The van der Waals surface area contributed by atoms with E-state index in [9.17, 15) is 26.4 Å². The third-order valence-electron chi connectivity index (χ3n) is 6.32. The molecule has 0 aliphatic carbocycles. The standard InChI is InChI=1S/C28H31F3N2O7S/c1-3-37-13-5-12-33(41(35,36)24-7-4-6-22(15-24)28(29,30)31)18-27(34)32(17-23-10-8-20(2)40-23)16-21-9-11-25-26(14-21)39-19-38-25/h4,6-11,14-15H,3,5,12-13,16-19H2,1-2H3. The van der Waals surface area contributed by atoms with Crippen LogP contribution in [0.3, 0.4) is 0 Å². The van der Waals surface area contributed by atoms with E-state index in [1.165, 1.54) is 4.90 Å². The number of alkyl halides is 3. The zero-order valence-electron chi connectivity index (χ0n) is 22.6. The first-order chi connectivity index (χ1) is 19.5. The van der Waals surface area contributed by atoms with Gasteiger partial charge in [0.25, 0.3) is 0 Å². The number of rotatable bonds is 13. The highest BCUT2D eigenvalue weighted by Crippen LogP contribution is 2.33. The van der Waals surface area contributed by atoms with E-state index in [1.54, 1.807) is 44.2 Å². The molecule has 222 valence electrons. The van der Waals surface area contributed by atoms with Crippen molar-refractivity contribution in [3.05, 3.63) is 77.2 Å². The highest BCUT2D eigenvalue weighted by Gasteiger charge is 2.34. The number of ether oxygens (including phenoxy) is 3. The third kappa shape index (κ3) is 7.80. The Morgan fingerprint density at radius 1 is 1.02 bits per heavy atom. The summed E-state index contributed by atoms with van der Waals surface area (Å²) in [5.41, 5.74) is -0.397. The van der Waals surface area contributed by atoms with Gasteiger partial charge in [0.05, 0.1) is 23.5 Å². The third-order valence-corrected chi connectivity index (χ3v) is 8.16. The van der Waals surface area contributed by atoms with Crippen molar-refractivity contribution in [1.29, 1.82) is 0 Å². The number of halogens is 3.